The fourth-order valence-corrected chi connectivity index (χ4v) is 4.24. The van der Waals surface area contributed by atoms with Crippen LogP contribution in [-0.4, -0.2) is 46.1 Å². The lowest BCUT2D eigenvalue weighted by Crippen LogP contribution is -2.19. The molecule has 9 nitrogen and oxygen atoms in total. The number of hydrogen-bond acceptors (Lipinski definition) is 7. The maximum Gasteiger partial charge on any atom is 0.416 e. The van der Waals surface area contributed by atoms with E-state index in [1.54, 1.807) is 50.0 Å². The molecule has 40 heavy (non-hydrogen) atoms. The molecule has 0 unspecified atom stereocenters. The topological polar surface area (TPSA) is 103 Å². The first kappa shape index (κ1) is 27.1. The first-order valence-corrected chi connectivity index (χ1v) is 12.5. The van der Waals surface area contributed by atoms with Crippen LogP contribution in [0, 0.1) is 6.92 Å². The van der Waals surface area contributed by atoms with E-state index in [-0.39, 0.29) is 29.6 Å². The summed E-state index contributed by atoms with van der Waals surface area (Å²) in [7, 11) is 2.90. The van der Waals surface area contributed by atoms with Gasteiger partial charge in [-0.05, 0) is 55.7 Å². The van der Waals surface area contributed by atoms with Gasteiger partial charge in [0.15, 0.2) is 0 Å². The van der Waals surface area contributed by atoms with Crippen molar-refractivity contribution in [2.45, 2.75) is 38.5 Å². The average Bonchev–Trinajstić information content (AvgIpc) is 3.64. The van der Waals surface area contributed by atoms with Crippen LogP contribution in [0.4, 0.5) is 18.9 Å². The molecule has 1 aliphatic carbocycles. The van der Waals surface area contributed by atoms with E-state index in [4.69, 9.17) is 9.47 Å². The van der Waals surface area contributed by atoms with Crippen LogP contribution in [0.2, 0.25) is 0 Å². The maximum absolute atomic E-state index is 13.7. The van der Waals surface area contributed by atoms with Crippen molar-refractivity contribution in [1.82, 2.24) is 25.3 Å². The number of carbonyl (C=O) groups is 1. The molecule has 2 N–H and O–H groups in total. The van der Waals surface area contributed by atoms with Crippen molar-refractivity contribution in [3.8, 4) is 28.4 Å². The average molecular weight is 553 g/mol. The van der Waals surface area contributed by atoms with E-state index < -0.39 is 17.6 Å². The van der Waals surface area contributed by atoms with Crippen LogP contribution in [0.25, 0.3) is 16.9 Å². The monoisotopic (exact) mass is 552 g/mol. The second-order valence-electron chi connectivity index (χ2n) is 9.49. The van der Waals surface area contributed by atoms with Crippen molar-refractivity contribution < 1.29 is 27.4 Å². The zero-order valence-electron chi connectivity index (χ0n) is 22.0. The number of nitrogens with zero attached hydrogens (tertiary/aromatic N) is 4. The Labute approximate surface area is 228 Å². The second kappa shape index (κ2) is 11.0. The van der Waals surface area contributed by atoms with Crippen LogP contribution in [0.15, 0.2) is 55.0 Å². The number of hydrogen-bond donors (Lipinski definition) is 2. The molecule has 0 spiro atoms. The van der Waals surface area contributed by atoms with Crippen molar-refractivity contribution in [3.63, 3.8) is 0 Å². The van der Waals surface area contributed by atoms with Gasteiger partial charge in [-0.3, -0.25) is 9.78 Å². The Morgan fingerprint density at radius 1 is 1.10 bits per heavy atom. The number of aryl methyl sites for hydroxylation is 1. The van der Waals surface area contributed by atoms with Gasteiger partial charge in [0.25, 0.3) is 5.91 Å². The Morgan fingerprint density at radius 3 is 2.60 bits per heavy atom. The minimum Gasteiger partial charge on any atom is -0.495 e. The molecule has 5 rings (SSSR count). The van der Waals surface area contributed by atoms with Gasteiger partial charge in [0.2, 0.25) is 0 Å². The van der Waals surface area contributed by atoms with E-state index in [0.29, 0.717) is 28.3 Å². The number of benzene rings is 2. The fraction of sp³-hybridized carbons (Fsp3) is 0.286. The predicted octanol–water partition coefficient (Wildman–Crippen LogP) is 5.18. The third kappa shape index (κ3) is 5.91. The molecule has 1 amide bonds. The minimum atomic E-state index is -4.60. The van der Waals surface area contributed by atoms with Crippen molar-refractivity contribution in [2.24, 2.45) is 0 Å². The van der Waals surface area contributed by atoms with E-state index in [1.165, 1.54) is 11.8 Å². The van der Waals surface area contributed by atoms with Crippen molar-refractivity contribution in [2.75, 3.05) is 19.5 Å². The van der Waals surface area contributed by atoms with Gasteiger partial charge in [0.05, 0.1) is 43.6 Å². The number of halogens is 3. The number of methoxy groups -OCH3 is 2. The van der Waals surface area contributed by atoms with E-state index >= 15 is 0 Å². The highest BCUT2D eigenvalue weighted by Gasteiger charge is 2.33. The molecule has 2 heterocycles. The number of pyridine rings is 1. The van der Waals surface area contributed by atoms with Gasteiger partial charge in [0.1, 0.15) is 17.2 Å². The van der Waals surface area contributed by atoms with Gasteiger partial charge in [-0.15, -0.1) is 5.10 Å². The van der Waals surface area contributed by atoms with Crippen molar-refractivity contribution in [3.05, 3.63) is 77.2 Å². The normalized spacial score (nSPS) is 13.2. The highest BCUT2D eigenvalue weighted by molar-refractivity contribution is 6.05. The lowest BCUT2D eigenvalue weighted by molar-refractivity contribution is -0.137. The quantitative estimate of drug-likeness (QED) is 0.295. The van der Waals surface area contributed by atoms with Crippen LogP contribution < -0.4 is 20.1 Å². The van der Waals surface area contributed by atoms with Crippen LogP contribution in [0.3, 0.4) is 0 Å². The molecule has 2 aromatic carbocycles. The molecule has 1 aliphatic rings. The maximum atomic E-state index is 13.7. The first-order chi connectivity index (χ1) is 19.2. The zero-order chi connectivity index (χ0) is 28.4. The number of anilines is 1. The number of ether oxygens (including phenoxy) is 2. The number of alkyl halides is 3. The van der Waals surface area contributed by atoms with Crippen LogP contribution in [-0.2, 0) is 12.7 Å². The molecular formula is C28H27F3N6O3. The lowest BCUT2D eigenvalue weighted by Gasteiger charge is -2.18. The summed E-state index contributed by atoms with van der Waals surface area (Å²) >= 11 is 0. The van der Waals surface area contributed by atoms with Crippen LogP contribution in [0.1, 0.15) is 39.9 Å². The second-order valence-corrected chi connectivity index (χ2v) is 9.49. The number of carbonyl (C=O) groups excluding carboxylic acids is 1. The SMILES string of the molecule is COc1cncc(-c2cn(-c3cc(C(=O)Nc4cc(C(F)(F)F)cc(CNC5CC5)c4OC)ccc3C)nn2)c1. The fourth-order valence-electron chi connectivity index (χ4n) is 4.24. The van der Waals surface area contributed by atoms with Crippen molar-refractivity contribution >= 4 is 11.6 Å². The Hall–Kier alpha value is -4.45. The standard InChI is InChI=1S/C28H27F3N6O3/c1-16-4-5-17(10-25(16)37-15-24(35-36-37)18-9-22(39-2)14-32-12-18)27(38)34-23-11-20(28(29,30)31)8-19(26(23)40-3)13-33-21-6-7-21/h4-5,8-12,14-15,21,33H,6-7,13H2,1-3H3,(H,34,38). The molecule has 1 saturated carbocycles. The van der Waals surface area contributed by atoms with Gasteiger partial charge >= 0.3 is 6.18 Å². The summed E-state index contributed by atoms with van der Waals surface area (Å²) in [5.41, 5.74) is 2.22. The number of nitrogens with one attached hydrogen (secondary N) is 2. The van der Waals surface area contributed by atoms with Gasteiger partial charge in [-0.25, -0.2) is 4.68 Å². The summed E-state index contributed by atoms with van der Waals surface area (Å²) in [6, 6.07) is 8.91. The molecule has 0 atom stereocenters. The number of amides is 1. The summed E-state index contributed by atoms with van der Waals surface area (Å²) in [6.07, 6.45) is 2.25. The zero-order valence-corrected chi connectivity index (χ0v) is 22.0. The number of aromatic nitrogens is 4. The third-order valence-corrected chi connectivity index (χ3v) is 6.56. The van der Waals surface area contributed by atoms with E-state index in [2.05, 4.69) is 25.9 Å². The molecule has 0 bridgehead atoms. The summed E-state index contributed by atoms with van der Waals surface area (Å²) in [5.74, 6) is 0.144. The Balaban J connectivity index is 1.44. The van der Waals surface area contributed by atoms with Gasteiger partial charge < -0.3 is 20.1 Å². The molecular weight excluding hydrogens is 525 g/mol. The Kier molecular flexibility index (Phi) is 7.44. The molecule has 208 valence electrons. The van der Waals surface area contributed by atoms with Gasteiger partial charge in [0, 0.05) is 35.5 Å². The molecule has 0 aliphatic heterocycles. The highest BCUT2D eigenvalue weighted by atomic mass is 19.4. The van der Waals surface area contributed by atoms with E-state index in [0.717, 1.165) is 30.5 Å². The smallest absolute Gasteiger partial charge is 0.416 e. The molecule has 0 saturated heterocycles. The summed E-state index contributed by atoms with van der Waals surface area (Å²) in [5, 5.41) is 14.2. The van der Waals surface area contributed by atoms with Crippen molar-refractivity contribution in [1.29, 1.82) is 0 Å². The summed E-state index contributed by atoms with van der Waals surface area (Å²) < 4.78 is 53.3. The van der Waals surface area contributed by atoms with E-state index in [1.807, 2.05) is 6.92 Å². The predicted molar refractivity (Wildman–Crippen MR) is 142 cm³/mol. The van der Waals surface area contributed by atoms with Gasteiger partial charge in [-0.1, -0.05) is 11.3 Å². The van der Waals surface area contributed by atoms with Crippen LogP contribution >= 0.6 is 0 Å². The third-order valence-electron chi connectivity index (χ3n) is 6.56. The lowest BCUT2D eigenvalue weighted by atomic mass is 10.1. The molecule has 1 fully saturated rings. The molecule has 4 aromatic rings. The summed E-state index contributed by atoms with van der Waals surface area (Å²) in [6.45, 7) is 2.03. The first-order valence-electron chi connectivity index (χ1n) is 12.5. The van der Waals surface area contributed by atoms with Gasteiger partial charge in [-0.2, -0.15) is 13.2 Å². The molecule has 0 radical (unpaired) electrons. The largest absolute Gasteiger partial charge is 0.495 e. The van der Waals surface area contributed by atoms with E-state index in [9.17, 15) is 18.0 Å². The summed E-state index contributed by atoms with van der Waals surface area (Å²) in [4.78, 5) is 17.4. The highest BCUT2D eigenvalue weighted by Crippen LogP contribution is 2.38. The Bertz CT molecular complexity index is 1550. The minimum absolute atomic E-state index is 0.0642. The number of rotatable bonds is 9. The molecule has 12 heteroatoms. The van der Waals surface area contributed by atoms with Crippen LogP contribution in [0.5, 0.6) is 11.5 Å². The Morgan fingerprint density at radius 2 is 1.90 bits per heavy atom. The molecule has 2 aromatic heterocycles.